The Balaban J connectivity index is 2.30. The number of hydrogen-bond acceptors (Lipinski definition) is 2. The highest BCUT2D eigenvalue weighted by Crippen LogP contribution is 2.26. The summed E-state index contributed by atoms with van der Waals surface area (Å²) in [5, 5.41) is 6.39. The van der Waals surface area contributed by atoms with E-state index in [-0.39, 0.29) is 11.8 Å². The highest BCUT2D eigenvalue weighted by atomic mass is 35.5. The zero-order valence-corrected chi connectivity index (χ0v) is 10.0. The predicted molar refractivity (Wildman–Crippen MR) is 65.8 cm³/mol. The molecule has 0 N–H and O–H groups in total. The van der Waals surface area contributed by atoms with E-state index in [1.165, 1.54) is 5.01 Å². The molecule has 0 radical (unpaired) electrons. The van der Waals surface area contributed by atoms with Gasteiger partial charge in [0.2, 0.25) is 0 Å². The van der Waals surface area contributed by atoms with Crippen molar-refractivity contribution in [2.75, 3.05) is 5.01 Å². The molecule has 1 aliphatic rings. The SMILES string of the molecule is CCC1C(=O)N(c2ccc(Cl)cc2)N=C1C. The summed E-state index contributed by atoms with van der Waals surface area (Å²) in [4.78, 5) is 12.0. The summed E-state index contributed by atoms with van der Waals surface area (Å²) < 4.78 is 0. The molecule has 16 heavy (non-hydrogen) atoms. The van der Waals surface area contributed by atoms with Crippen LogP contribution in [-0.2, 0) is 4.79 Å². The molecule has 1 aromatic rings. The Kier molecular flexibility index (Phi) is 2.97. The van der Waals surface area contributed by atoms with E-state index in [9.17, 15) is 4.79 Å². The minimum Gasteiger partial charge on any atom is -0.272 e. The molecule has 0 fully saturated rings. The quantitative estimate of drug-likeness (QED) is 0.777. The smallest absolute Gasteiger partial charge is 0.256 e. The van der Waals surface area contributed by atoms with Crippen LogP contribution in [0.25, 0.3) is 0 Å². The zero-order chi connectivity index (χ0) is 11.7. The summed E-state index contributed by atoms with van der Waals surface area (Å²) in [7, 11) is 0. The van der Waals surface area contributed by atoms with Crippen molar-refractivity contribution in [1.82, 2.24) is 0 Å². The van der Waals surface area contributed by atoms with E-state index in [2.05, 4.69) is 5.10 Å². The number of benzene rings is 1. The molecule has 0 spiro atoms. The average molecular weight is 237 g/mol. The molecule has 0 saturated heterocycles. The lowest BCUT2D eigenvalue weighted by Gasteiger charge is -2.13. The first-order chi connectivity index (χ1) is 7.63. The van der Waals surface area contributed by atoms with Crippen LogP contribution in [0.4, 0.5) is 5.69 Å². The molecule has 0 aromatic heterocycles. The molecule has 2 rings (SSSR count). The van der Waals surface area contributed by atoms with E-state index in [1.807, 2.05) is 13.8 Å². The molecule has 4 heteroatoms. The molecule has 84 valence electrons. The molecule has 1 heterocycles. The number of anilines is 1. The Morgan fingerprint density at radius 1 is 1.38 bits per heavy atom. The highest BCUT2D eigenvalue weighted by Gasteiger charge is 2.32. The van der Waals surface area contributed by atoms with Crippen LogP contribution in [0, 0.1) is 5.92 Å². The molecular weight excluding hydrogens is 224 g/mol. The lowest BCUT2D eigenvalue weighted by Crippen LogP contribution is -2.26. The number of halogens is 1. The first-order valence-electron chi connectivity index (χ1n) is 5.28. The maximum atomic E-state index is 12.0. The third kappa shape index (κ3) is 1.83. The van der Waals surface area contributed by atoms with Crippen LogP contribution in [0.3, 0.4) is 0 Å². The fourth-order valence-corrected chi connectivity index (χ4v) is 1.97. The van der Waals surface area contributed by atoms with E-state index >= 15 is 0 Å². The van der Waals surface area contributed by atoms with Gasteiger partial charge in [-0.3, -0.25) is 4.79 Å². The van der Waals surface area contributed by atoms with E-state index < -0.39 is 0 Å². The maximum absolute atomic E-state index is 12.0. The lowest BCUT2D eigenvalue weighted by molar-refractivity contribution is -0.119. The van der Waals surface area contributed by atoms with Crippen LogP contribution >= 0.6 is 11.6 Å². The lowest BCUT2D eigenvalue weighted by atomic mass is 10.0. The Hall–Kier alpha value is -1.35. The minimum atomic E-state index is -0.0734. The summed E-state index contributed by atoms with van der Waals surface area (Å²) in [5.41, 5.74) is 1.65. The molecular formula is C12H13ClN2O. The Bertz CT molecular complexity index is 439. The van der Waals surface area contributed by atoms with Crippen LogP contribution in [-0.4, -0.2) is 11.6 Å². The molecule has 1 atom stereocenters. The number of rotatable bonds is 2. The summed E-state index contributed by atoms with van der Waals surface area (Å²) in [6, 6.07) is 7.12. The van der Waals surface area contributed by atoms with Gasteiger partial charge in [-0.15, -0.1) is 0 Å². The molecule has 1 aliphatic heterocycles. The average Bonchev–Trinajstić information content (AvgIpc) is 2.55. The molecule has 1 aromatic carbocycles. The van der Waals surface area contributed by atoms with Gasteiger partial charge in [0.05, 0.1) is 11.6 Å². The minimum absolute atomic E-state index is 0.0438. The summed E-state index contributed by atoms with van der Waals surface area (Å²) in [6.07, 6.45) is 0.790. The van der Waals surface area contributed by atoms with Crippen molar-refractivity contribution in [3.8, 4) is 0 Å². The Morgan fingerprint density at radius 2 is 2.00 bits per heavy atom. The standard InChI is InChI=1S/C12H13ClN2O/c1-3-11-8(2)14-15(12(11)16)10-6-4-9(13)5-7-10/h4-7,11H,3H2,1-2H3. The van der Waals surface area contributed by atoms with Gasteiger partial charge >= 0.3 is 0 Å². The number of hydrazone groups is 1. The van der Waals surface area contributed by atoms with Crippen LogP contribution in [0.15, 0.2) is 29.4 Å². The van der Waals surface area contributed by atoms with Gasteiger partial charge < -0.3 is 0 Å². The number of carbonyl (C=O) groups excluding carboxylic acids is 1. The summed E-state index contributed by atoms with van der Waals surface area (Å²) >= 11 is 5.80. The summed E-state index contributed by atoms with van der Waals surface area (Å²) in [5.74, 6) is -0.0296. The van der Waals surface area contributed by atoms with Gasteiger partial charge in [-0.25, -0.2) is 5.01 Å². The third-order valence-corrected chi connectivity index (χ3v) is 3.00. The van der Waals surface area contributed by atoms with Gasteiger partial charge in [0.25, 0.3) is 5.91 Å². The van der Waals surface area contributed by atoms with Crippen molar-refractivity contribution in [1.29, 1.82) is 0 Å². The second kappa shape index (κ2) is 4.26. The van der Waals surface area contributed by atoms with Crippen molar-refractivity contribution in [3.05, 3.63) is 29.3 Å². The largest absolute Gasteiger partial charge is 0.272 e. The van der Waals surface area contributed by atoms with E-state index in [1.54, 1.807) is 24.3 Å². The van der Waals surface area contributed by atoms with Gasteiger partial charge in [-0.2, -0.15) is 5.10 Å². The number of carbonyl (C=O) groups is 1. The Labute approximate surface area is 99.7 Å². The fraction of sp³-hybridized carbons (Fsp3) is 0.333. The summed E-state index contributed by atoms with van der Waals surface area (Å²) in [6.45, 7) is 3.88. The van der Waals surface area contributed by atoms with Gasteiger partial charge in [0, 0.05) is 10.7 Å². The van der Waals surface area contributed by atoms with Crippen molar-refractivity contribution in [2.45, 2.75) is 20.3 Å². The molecule has 1 amide bonds. The number of amides is 1. The maximum Gasteiger partial charge on any atom is 0.256 e. The topological polar surface area (TPSA) is 32.7 Å². The van der Waals surface area contributed by atoms with E-state index in [0.717, 1.165) is 17.8 Å². The zero-order valence-electron chi connectivity index (χ0n) is 9.27. The molecule has 0 aliphatic carbocycles. The van der Waals surface area contributed by atoms with Crippen LogP contribution in [0.1, 0.15) is 20.3 Å². The monoisotopic (exact) mass is 236 g/mol. The van der Waals surface area contributed by atoms with Gasteiger partial charge in [-0.1, -0.05) is 18.5 Å². The van der Waals surface area contributed by atoms with Crippen LogP contribution in [0.2, 0.25) is 5.02 Å². The van der Waals surface area contributed by atoms with Crippen molar-refractivity contribution < 1.29 is 4.79 Å². The van der Waals surface area contributed by atoms with Gasteiger partial charge in [0.1, 0.15) is 0 Å². The number of hydrogen-bond donors (Lipinski definition) is 0. The first-order valence-corrected chi connectivity index (χ1v) is 5.66. The second-order valence-electron chi connectivity index (χ2n) is 3.83. The van der Waals surface area contributed by atoms with Crippen LogP contribution < -0.4 is 5.01 Å². The molecule has 1 unspecified atom stereocenters. The normalized spacial score (nSPS) is 20.2. The van der Waals surface area contributed by atoms with Crippen LogP contribution in [0.5, 0.6) is 0 Å². The van der Waals surface area contributed by atoms with Gasteiger partial charge in [-0.05, 0) is 37.6 Å². The molecule has 0 saturated carbocycles. The fourth-order valence-electron chi connectivity index (χ4n) is 1.84. The van der Waals surface area contributed by atoms with Gasteiger partial charge in [0.15, 0.2) is 0 Å². The number of nitrogens with zero attached hydrogens (tertiary/aromatic N) is 2. The Morgan fingerprint density at radius 3 is 2.50 bits per heavy atom. The van der Waals surface area contributed by atoms with Crippen molar-refractivity contribution in [3.63, 3.8) is 0 Å². The molecule has 0 bridgehead atoms. The second-order valence-corrected chi connectivity index (χ2v) is 4.27. The molecule has 3 nitrogen and oxygen atoms in total. The van der Waals surface area contributed by atoms with Crippen molar-refractivity contribution in [2.24, 2.45) is 11.0 Å². The third-order valence-electron chi connectivity index (χ3n) is 2.75. The highest BCUT2D eigenvalue weighted by molar-refractivity contribution is 6.30. The first kappa shape index (κ1) is 11.1. The van der Waals surface area contributed by atoms with E-state index in [0.29, 0.717) is 5.02 Å². The predicted octanol–water partition coefficient (Wildman–Crippen LogP) is 3.09. The van der Waals surface area contributed by atoms with Crippen molar-refractivity contribution >= 4 is 28.9 Å². The van der Waals surface area contributed by atoms with E-state index in [4.69, 9.17) is 11.6 Å².